The average Bonchev–Trinajstić information content (AvgIpc) is 3.20. The van der Waals surface area contributed by atoms with Crippen LogP contribution in [0.2, 0.25) is 0 Å². The molecule has 1 aliphatic heterocycles. The van der Waals surface area contributed by atoms with Gasteiger partial charge in [0.05, 0.1) is 25.5 Å². The summed E-state index contributed by atoms with van der Waals surface area (Å²) in [6.07, 6.45) is 0.561. The Labute approximate surface area is 158 Å². The zero-order chi connectivity index (χ0) is 19.2. The molecule has 146 valence electrons. The molecule has 7 heteroatoms. The molecular weight excluding hydrogens is 349 g/mol. The van der Waals surface area contributed by atoms with Crippen molar-refractivity contribution in [1.29, 1.82) is 0 Å². The van der Waals surface area contributed by atoms with Crippen LogP contribution in [0.5, 0.6) is 0 Å². The van der Waals surface area contributed by atoms with Crippen LogP contribution < -0.4 is 5.32 Å². The molecule has 0 spiro atoms. The second-order valence-corrected chi connectivity index (χ2v) is 6.62. The minimum absolute atomic E-state index is 0.00680. The Morgan fingerprint density at radius 2 is 2.11 bits per heavy atom. The molecule has 1 aromatic heterocycles. The van der Waals surface area contributed by atoms with Gasteiger partial charge in [-0.15, -0.1) is 0 Å². The summed E-state index contributed by atoms with van der Waals surface area (Å²) in [6.45, 7) is 6.19. The Balaban J connectivity index is 1.73. The number of nitrogens with one attached hydrogen (secondary N) is 1. The minimum Gasteiger partial charge on any atom is -0.467 e. The van der Waals surface area contributed by atoms with Crippen molar-refractivity contribution in [2.24, 2.45) is 4.99 Å². The lowest BCUT2D eigenvalue weighted by molar-refractivity contribution is -0.0605. The highest BCUT2D eigenvalue weighted by atomic mass is 19.1. The van der Waals surface area contributed by atoms with Crippen molar-refractivity contribution in [3.63, 3.8) is 0 Å². The fraction of sp³-hybridized carbons (Fsp3) is 0.450. The van der Waals surface area contributed by atoms with Crippen LogP contribution in [0.1, 0.15) is 37.4 Å². The summed E-state index contributed by atoms with van der Waals surface area (Å²) in [4.78, 5) is 6.69. The summed E-state index contributed by atoms with van der Waals surface area (Å²) in [7, 11) is 0. The van der Waals surface area contributed by atoms with Crippen LogP contribution in [0, 0.1) is 5.82 Å². The summed E-state index contributed by atoms with van der Waals surface area (Å²) >= 11 is 0. The van der Waals surface area contributed by atoms with Crippen molar-refractivity contribution in [3.8, 4) is 0 Å². The van der Waals surface area contributed by atoms with E-state index in [0.29, 0.717) is 31.4 Å². The molecule has 27 heavy (non-hydrogen) atoms. The molecule has 0 saturated carbocycles. The van der Waals surface area contributed by atoms with E-state index in [1.165, 1.54) is 18.4 Å². The summed E-state index contributed by atoms with van der Waals surface area (Å²) in [5.41, 5.74) is 0.930. The number of ether oxygens (including phenoxy) is 1. The number of aliphatic imine (C=N–C) groups is 1. The van der Waals surface area contributed by atoms with Gasteiger partial charge in [-0.25, -0.2) is 9.38 Å². The molecule has 0 bridgehead atoms. The Morgan fingerprint density at radius 3 is 2.78 bits per heavy atom. The van der Waals surface area contributed by atoms with E-state index < -0.39 is 6.10 Å². The Kier molecular flexibility index (Phi) is 6.47. The smallest absolute Gasteiger partial charge is 0.194 e. The molecule has 2 heterocycles. The van der Waals surface area contributed by atoms with Crippen molar-refractivity contribution in [2.45, 2.75) is 32.2 Å². The van der Waals surface area contributed by atoms with Gasteiger partial charge in [0.15, 0.2) is 5.96 Å². The van der Waals surface area contributed by atoms with Crippen molar-refractivity contribution < 1.29 is 18.7 Å². The van der Waals surface area contributed by atoms with Gasteiger partial charge in [0.2, 0.25) is 0 Å². The molecule has 1 aromatic carbocycles. The van der Waals surface area contributed by atoms with E-state index in [4.69, 9.17) is 9.15 Å². The number of aliphatic hydroxyl groups excluding tert-OH is 1. The van der Waals surface area contributed by atoms with Gasteiger partial charge in [-0.1, -0.05) is 12.1 Å². The molecule has 1 saturated heterocycles. The fourth-order valence-corrected chi connectivity index (χ4v) is 3.16. The van der Waals surface area contributed by atoms with Gasteiger partial charge in [0.25, 0.3) is 0 Å². The van der Waals surface area contributed by atoms with E-state index in [1.807, 2.05) is 13.8 Å². The number of furan rings is 1. The van der Waals surface area contributed by atoms with Crippen LogP contribution in [-0.4, -0.2) is 48.2 Å². The highest BCUT2D eigenvalue weighted by Crippen LogP contribution is 2.25. The highest BCUT2D eigenvalue weighted by molar-refractivity contribution is 5.80. The maximum Gasteiger partial charge on any atom is 0.194 e. The maximum atomic E-state index is 13.2. The normalized spacial score (nSPS) is 21.9. The van der Waals surface area contributed by atoms with Gasteiger partial charge >= 0.3 is 0 Å². The molecule has 3 unspecified atom stereocenters. The molecule has 2 N–H and O–H groups in total. The van der Waals surface area contributed by atoms with E-state index in [1.54, 1.807) is 24.3 Å². The van der Waals surface area contributed by atoms with Gasteiger partial charge in [-0.3, -0.25) is 0 Å². The second kappa shape index (κ2) is 9.01. The molecule has 1 aliphatic rings. The van der Waals surface area contributed by atoms with Crippen LogP contribution in [0.4, 0.5) is 4.39 Å². The number of hydrogen-bond donors (Lipinski definition) is 2. The van der Waals surface area contributed by atoms with Gasteiger partial charge in [-0.2, -0.15) is 0 Å². The molecule has 0 radical (unpaired) electrons. The predicted octanol–water partition coefficient (Wildman–Crippen LogP) is 2.88. The topological polar surface area (TPSA) is 70.2 Å². The third-order valence-electron chi connectivity index (χ3n) is 4.42. The lowest BCUT2D eigenvalue weighted by Gasteiger charge is -2.38. The lowest BCUT2D eigenvalue weighted by Crippen LogP contribution is -2.50. The summed E-state index contributed by atoms with van der Waals surface area (Å²) in [5.74, 6) is 0.945. The number of hydrogen-bond acceptors (Lipinski definition) is 4. The summed E-state index contributed by atoms with van der Waals surface area (Å²) in [5, 5.41) is 13.5. The number of rotatable bonds is 5. The summed E-state index contributed by atoms with van der Waals surface area (Å²) < 4.78 is 24.5. The van der Waals surface area contributed by atoms with Crippen molar-refractivity contribution in [2.75, 3.05) is 26.2 Å². The Bertz CT molecular complexity index is 733. The van der Waals surface area contributed by atoms with E-state index in [9.17, 15) is 9.50 Å². The SMILES string of the molecule is CCNC(=NCC(O)c1ccco1)N1CC(C)OC(c2ccc(F)cc2)C1. The first kappa shape index (κ1) is 19.4. The largest absolute Gasteiger partial charge is 0.467 e. The second-order valence-electron chi connectivity index (χ2n) is 6.62. The molecule has 6 nitrogen and oxygen atoms in total. The van der Waals surface area contributed by atoms with E-state index in [-0.39, 0.29) is 24.6 Å². The zero-order valence-electron chi connectivity index (χ0n) is 15.6. The fourth-order valence-electron chi connectivity index (χ4n) is 3.16. The minimum atomic E-state index is -0.792. The van der Waals surface area contributed by atoms with Crippen molar-refractivity contribution in [3.05, 3.63) is 59.8 Å². The van der Waals surface area contributed by atoms with Gasteiger partial charge in [-0.05, 0) is 43.7 Å². The Morgan fingerprint density at radius 1 is 1.33 bits per heavy atom. The van der Waals surface area contributed by atoms with Crippen LogP contribution in [0.25, 0.3) is 0 Å². The van der Waals surface area contributed by atoms with Gasteiger partial charge in [0, 0.05) is 13.1 Å². The number of halogens is 1. The van der Waals surface area contributed by atoms with E-state index >= 15 is 0 Å². The molecule has 3 atom stereocenters. The monoisotopic (exact) mass is 375 g/mol. The third-order valence-corrected chi connectivity index (χ3v) is 4.42. The molecule has 3 rings (SSSR count). The van der Waals surface area contributed by atoms with Gasteiger partial charge < -0.3 is 24.5 Å². The zero-order valence-corrected chi connectivity index (χ0v) is 15.6. The first-order valence-electron chi connectivity index (χ1n) is 9.22. The van der Waals surface area contributed by atoms with Crippen molar-refractivity contribution >= 4 is 5.96 Å². The quantitative estimate of drug-likeness (QED) is 0.621. The van der Waals surface area contributed by atoms with E-state index in [0.717, 1.165) is 5.56 Å². The lowest BCUT2D eigenvalue weighted by atomic mass is 10.1. The number of nitrogens with zero attached hydrogens (tertiary/aromatic N) is 2. The van der Waals surface area contributed by atoms with Gasteiger partial charge in [0.1, 0.15) is 23.8 Å². The molecule has 0 amide bonds. The Hall–Kier alpha value is -2.38. The first-order chi connectivity index (χ1) is 13.1. The molecule has 2 aromatic rings. The average molecular weight is 375 g/mol. The summed E-state index contributed by atoms with van der Waals surface area (Å²) in [6, 6.07) is 9.86. The highest BCUT2D eigenvalue weighted by Gasteiger charge is 2.28. The number of aliphatic hydroxyl groups is 1. The molecular formula is C20H26FN3O3. The number of guanidine groups is 1. The third kappa shape index (κ3) is 5.08. The number of benzene rings is 1. The van der Waals surface area contributed by atoms with Crippen LogP contribution in [0.15, 0.2) is 52.1 Å². The maximum absolute atomic E-state index is 13.2. The standard InChI is InChI=1S/C20H26FN3O3/c1-3-22-20(23-11-17(25)18-5-4-10-26-18)24-12-14(2)27-19(13-24)15-6-8-16(21)9-7-15/h4-10,14,17,19,25H,3,11-13H2,1-2H3,(H,22,23). The van der Waals surface area contributed by atoms with Crippen LogP contribution in [-0.2, 0) is 4.74 Å². The predicted molar refractivity (Wildman–Crippen MR) is 101 cm³/mol. The van der Waals surface area contributed by atoms with Crippen LogP contribution >= 0.6 is 0 Å². The van der Waals surface area contributed by atoms with Crippen molar-refractivity contribution in [1.82, 2.24) is 10.2 Å². The van der Waals surface area contributed by atoms with E-state index in [2.05, 4.69) is 15.2 Å². The molecule has 1 fully saturated rings. The molecule has 0 aliphatic carbocycles. The number of morpholine rings is 1. The van der Waals surface area contributed by atoms with Crippen LogP contribution in [0.3, 0.4) is 0 Å². The first-order valence-corrected chi connectivity index (χ1v) is 9.22.